The molecule has 1 aromatic rings. The SMILES string of the molecule is CC(C(=O)O)N(C)C(=O)c1cc(=O)[nH]c(=O)[nH]1. The predicted octanol–water partition coefficient (Wildman–Crippen LogP) is -1.39. The number of aromatic nitrogens is 2. The van der Waals surface area contributed by atoms with Crippen LogP contribution in [0, 0.1) is 0 Å². The maximum atomic E-state index is 11.7. The molecule has 92 valence electrons. The van der Waals surface area contributed by atoms with Crippen LogP contribution in [0.15, 0.2) is 15.7 Å². The minimum Gasteiger partial charge on any atom is -0.480 e. The normalized spacial score (nSPS) is 11.9. The van der Waals surface area contributed by atoms with Crippen LogP contribution in [0.5, 0.6) is 0 Å². The van der Waals surface area contributed by atoms with E-state index in [2.05, 4.69) is 4.98 Å². The molecule has 1 aromatic heterocycles. The summed E-state index contributed by atoms with van der Waals surface area (Å²) in [6, 6.07) is -0.167. The molecule has 0 bridgehead atoms. The van der Waals surface area contributed by atoms with Gasteiger partial charge in [0.1, 0.15) is 11.7 Å². The summed E-state index contributed by atoms with van der Waals surface area (Å²) < 4.78 is 0. The summed E-state index contributed by atoms with van der Waals surface area (Å²) in [6.07, 6.45) is 0. The van der Waals surface area contributed by atoms with Crippen LogP contribution < -0.4 is 11.2 Å². The molecular formula is C9H11N3O5. The monoisotopic (exact) mass is 241 g/mol. The van der Waals surface area contributed by atoms with Crippen molar-refractivity contribution in [1.82, 2.24) is 14.9 Å². The molecule has 0 aliphatic carbocycles. The maximum Gasteiger partial charge on any atom is 0.326 e. The molecule has 0 fully saturated rings. The Balaban J connectivity index is 3.08. The summed E-state index contributed by atoms with van der Waals surface area (Å²) in [7, 11) is 1.26. The Kier molecular flexibility index (Phi) is 3.46. The largest absolute Gasteiger partial charge is 0.480 e. The lowest BCUT2D eigenvalue weighted by atomic mass is 10.2. The topological polar surface area (TPSA) is 123 Å². The highest BCUT2D eigenvalue weighted by Crippen LogP contribution is 2.01. The second-order valence-corrected chi connectivity index (χ2v) is 3.43. The van der Waals surface area contributed by atoms with E-state index in [9.17, 15) is 19.2 Å². The first-order chi connectivity index (χ1) is 7.82. The van der Waals surface area contributed by atoms with Gasteiger partial charge in [-0.15, -0.1) is 0 Å². The number of hydrogen-bond acceptors (Lipinski definition) is 4. The molecule has 1 amide bonds. The van der Waals surface area contributed by atoms with Gasteiger partial charge >= 0.3 is 11.7 Å². The molecule has 0 aliphatic heterocycles. The molecule has 1 rings (SSSR count). The number of nitrogens with one attached hydrogen (secondary N) is 2. The third-order valence-corrected chi connectivity index (χ3v) is 2.25. The number of hydrogen-bond donors (Lipinski definition) is 3. The van der Waals surface area contributed by atoms with Crippen molar-refractivity contribution < 1.29 is 14.7 Å². The van der Waals surface area contributed by atoms with Gasteiger partial charge in [0.05, 0.1) is 0 Å². The number of H-pyrrole nitrogens is 2. The Labute approximate surface area is 94.9 Å². The average molecular weight is 241 g/mol. The fraction of sp³-hybridized carbons (Fsp3) is 0.333. The molecule has 17 heavy (non-hydrogen) atoms. The van der Waals surface area contributed by atoms with E-state index in [0.717, 1.165) is 11.0 Å². The van der Waals surface area contributed by atoms with E-state index in [-0.39, 0.29) is 5.69 Å². The van der Waals surface area contributed by atoms with Crippen LogP contribution in [0.4, 0.5) is 0 Å². The molecule has 0 aromatic carbocycles. The third kappa shape index (κ3) is 2.80. The Hall–Kier alpha value is -2.38. The van der Waals surface area contributed by atoms with Crippen molar-refractivity contribution in [2.24, 2.45) is 0 Å². The number of aromatic amines is 2. The van der Waals surface area contributed by atoms with Gasteiger partial charge in [-0.05, 0) is 6.92 Å². The number of aliphatic carboxylic acids is 1. The van der Waals surface area contributed by atoms with Crippen molar-refractivity contribution in [2.75, 3.05) is 7.05 Å². The van der Waals surface area contributed by atoms with E-state index >= 15 is 0 Å². The molecule has 0 aliphatic rings. The lowest BCUT2D eigenvalue weighted by Crippen LogP contribution is -2.41. The van der Waals surface area contributed by atoms with E-state index in [1.54, 1.807) is 0 Å². The number of amides is 1. The van der Waals surface area contributed by atoms with Crippen LogP contribution in [-0.2, 0) is 4.79 Å². The summed E-state index contributed by atoms with van der Waals surface area (Å²) in [4.78, 5) is 49.3. The molecule has 1 unspecified atom stereocenters. The van der Waals surface area contributed by atoms with Crippen LogP contribution in [-0.4, -0.2) is 44.9 Å². The molecular weight excluding hydrogens is 230 g/mol. The molecule has 8 heteroatoms. The minimum atomic E-state index is -1.19. The molecule has 3 N–H and O–H groups in total. The minimum absolute atomic E-state index is 0.255. The lowest BCUT2D eigenvalue weighted by Gasteiger charge is -2.20. The first-order valence-corrected chi connectivity index (χ1v) is 4.66. The van der Waals surface area contributed by atoms with Crippen molar-refractivity contribution in [3.8, 4) is 0 Å². The third-order valence-electron chi connectivity index (χ3n) is 2.25. The fourth-order valence-electron chi connectivity index (χ4n) is 1.12. The van der Waals surface area contributed by atoms with Crippen molar-refractivity contribution in [3.05, 3.63) is 32.6 Å². The van der Waals surface area contributed by atoms with Crippen LogP contribution in [0.2, 0.25) is 0 Å². The lowest BCUT2D eigenvalue weighted by molar-refractivity contribution is -0.141. The van der Waals surface area contributed by atoms with E-state index < -0.39 is 29.2 Å². The number of rotatable bonds is 3. The summed E-state index contributed by atoms with van der Waals surface area (Å²) in [5, 5.41) is 8.72. The van der Waals surface area contributed by atoms with Crippen LogP contribution in [0.3, 0.4) is 0 Å². The Morgan fingerprint density at radius 2 is 1.94 bits per heavy atom. The van der Waals surface area contributed by atoms with Gasteiger partial charge in [0.15, 0.2) is 0 Å². The zero-order chi connectivity index (χ0) is 13.2. The van der Waals surface area contributed by atoms with Gasteiger partial charge in [-0.3, -0.25) is 14.6 Å². The summed E-state index contributed by atoms with van der Waals surface area (Å²) in [6.45, 7) is 1.31. The number of carboxylic acids is 1. The first-order valence-electron chi connectivity index (χ1n) is 4.66. The summed E-state index contributed by atoms with van der Waals surface area (Å²) in [5.74, 6) is -1.93. The highest BCUT2D eigenvalue weighted by Gasteiger charge is 2.23. The number of nitrogens with zero attached hydrogens (tertiary/aromatic N) is 1. The summed E-state index contributed by atoms with van der Waals surface area (Å²) >= 11 is 0. The first kappa shape index (κ1) is 12.7. The number of carboxylic acid groups (broad SMARTS) is 1. The number of carbonyl (C=O) groups excluding carboxylic acids is 1. The number of likely N-dealkylation sites (N-methyl/N-ethyl adjacent to an activating group) is 1. The highest BCUT2D eigenvalue weighted by molar-refractivity contribution is 5.94. The quantitative estimate of drug-likeness (QED) is 0.601. The molecule has 0 radical (unpaired) electrons. The average Bonchev–Trinajstić information content (AvgIpc) is 2.24. The smallest absolute Gasteiger partial charge is 0.326 e. The Bertz CT molecular complexity index is 530. The van der Waals surface area contributed by atoms with Gasteiger partial charge in [0.2, 0.25) is 0 Å². The van der Waals surface area contributed by atoms with E-state index in [1.807, 2.05) is 4.98 Å². The Morgan fingerprint density at radius 1 is 1.35 bits per heavy atom. The second kappa shape index (κ2) is 4.64. The van der Waals surface area contributed by atoms with Gasteiger partial charge in [-0.2, -0.15) is 0 Å². The predicted molar refractivity (Wildman–Crippen MR) is 56.9 cm³/mol. The molecule has 8 nitrogen and oxygen atoms in total. The van der Waals surface area contributed by atoms with Gasteiger partial charge in [-0.1, -0.05) is 0 Å². The maximum absolute atomic E-state index is 11.7. The zero-order valence-electron chi connectivity index (χ0n) is 9.18. The van der Waals surface area contributed by atoms with Crippen LogP contribution in [0.25, 0.3) is 0 Å². The van der Waals surface area contributed by atoms with E-state index in [4.69, 9.17) is 5.11 Å². The van der Waals surface area contributed by atoms with Crippen molar-refractivity contribution in [2.45, 2.75) is 13.0 Å². The molecule has 1 heterocycles. The van der Waals surface area contributed by atoms with Crippen molar-refractivity contribution in [1.29, 1.82) is 0 Å². The molecule has 0 spiro atoms. The van der Waals surface area contributed by atoms with Gasteiger partial charge in [0.25, 0.3) is 11.5 Å². The van der Waals surface area contributed by atoms with E-state index in [0.29, 0.717) is 0 Å². The van der Waals surface area contributed by atoms with Gasteiger partial charge in [-0.25, -0.2) is 9.59 Å². The molecule has 1 atom stereocenters. The molecule has 0 saturated heterocycles. The Morgan fingerprint density at radius 3 is 2.41 bits per heavy atom. The highest BCUT2D eigenvalue weighted by atomic mass is 16.4. The summed E-state index contributed by atoms with van der Waals surface area (Å²) in [5.41, 5.74) is -1.81. The van der Waals surface area contributed by atoms with Gasteiger partial charge < -0.3 is 15.0 Å². The van der Waals surface area contributed by atoms with Crippen LogP contribution >= 0.6 is 0 Å². The van der Waals surface area contributed by atoms with E-state index in [1.165, 1.54) is 14.0 Å². The number of carbonyl (C=O) groups is 2. The van der Waals surface area contributed by atoms with Crippen LogP contribution in [0.1, 0.15) is 17.4 Å². The van der Waals surface area contributed by atoms with Crippen molar-refractivity contribution in [3.63, 3.8) is 0 Å². The fourth-order valence-corrected chi connectivity index (χ4v) is 1.12. The molecule has 0 saturated carbocycles. The second-order valence-electron chi connectivity index (χ2n) is 3.43. The zero-order valence-corrected chi connectivity index (χ0v) is 9.18. The van der Waals surface area contributed by atoms with Gasteiger partial charge in [0, 0.05) is 13.1 Å². The van der Waals surface area contributed by atoms with Crippen molar-refractivity contribution >= 4 is 11.9 Å². The standard InChI is InChI=1S/C9H11N3O5/c1-4(8(15)16)12(2)7(14)5-3-6(13)11-9(17)10-5/h3-4H,1-2H3,(H,15,16)(H2,10,11,13,17).